The lowest BCUT2D eigenvalue weighted by molar-refractivity contribution is -0.130. The Bertz CT molecular complexity index is 860. The third kappa shape index (κ3) is 4.82. The molecule has 2 aromatic rings. The van der Waals surface area contributed by atoms with Gasteiger partial charge in [-0.3, -0.25) is 9.59 Å². The molecule has 0 unspecified atom stereocenters. The van der Waals surface area contributed by atoms with Crippen LogP contribution in [0.2, 0.25) is 5.02 Å². The van der Waals surface area contributed by atoms with E-state index in [0.29, 0.717) is 41.0 Å². The number of methoxy groups -OCH3 is 1. The van der Waals surface area contributed by atoms with Crippen molar-refractivity contribution in [3.8, 4) is 0 Å². The second kappa shape index (κ2) is 9.07. The zero-order valence-corrected chi connectivity index (χ0v) is 16.9. The standard InChI is InChI=1S/C19H20ClN3O4S/c1-27-19(26)16-7-6-15(28-16)18(25)21-12-17(24)23-10-8-22(9-11-23)14-4-2-13(20)3-5-14/h2-7H,8-12H2,1H3,(H,21,25). The van der Waals surface area contributed by atoms with Crippen molar-refractivity contribution in [3.05, 3.63) is 51.2 Å². The molecule has 28 heavy (non-hydrogen) atoms. The SMILES string of the molecule is COC(=O)c1ccc(C(=O)NCC(=O)N2CCN(c3ccc(Cl)cc3)CC2)s1. The predicted molar refractivity (Wildman–Crippen MR) is 108 cm³/mol. The smallest absolute Gasteiger partial charge is 0.348 e. The van der Waals surface area contributed by atoms with Crippen LogP contribution >= 0.6 is 22.9 Å². The molecule has 3 rings (SSSR count). The van der Waals surface area contributed by atoms with Gasteiger partial charge >= 0.3 is 5.97 Å². The van der Waals surface area contributed by atoms with Gasteiger partial charge in [-0.25, -0.2) is 4.79 Å². The van der Waals surface area contributed by atoms with E-state index in [9.17, 15) is 14.4 Å². The van der Waals surface area contributed by atoms with Crippen LogP contribution in [0.3, 0.4) is 0 Å². The highest BCUT2D eigenvalue weighted by atomic mass is 35.5. The molecule has 0 bridgehead atoms. The number of anilines is 1. The first-order chi connectivity index (χ1) is 13.5. The lowest BCUT2D eigenvalue weighted by Crippen LogP contribution is -2.51. The maximum Gasteiger partial charge on any atom is 0.348 e. The molecule has 0 radical (unpaired) electrons. The van der Waals surface area contributed by atoms with Gasteiger partial charge in [0.05, 0.1) is 18.5 Å². The molecule has 148 valence electrons. The number of carbonyl (C=O) groups is 3. The molecule has 0 aliphatic carbocycles. The summed E-state index contributed by atoms with van der Waals surface area (Å²) in [6.07, 6.45) is 0. The number of hydrogen-bond acceptors (Lipinski definition) is 6. The largest absolute Gasteiger partial charge is 0.465 e. The molecule has 2 heterocycles. The van der Waals surface area contributed by atoms with Crippen LogP contribution in [0.15, 0.2) is 36.4 Å². The number of amides is 2. The summed E-state index contributed by atoms with van der Waals surface area (Å²) in [5, 5.41) is 3.31. The van der Waals surface area contributed by atoms with E-state index < -0.39 is 5.97 Å². The second-order valence-electron chi connectivity index (χ2n) is 6.18. The van der Waals surface area contributed by atoms with Gasteiger partial charge in [-0.05, 0) is 36.4 Å². The van der Waals surface area contributed by atoms with Gasteiger partial charge in [0.15, 0.2) is 0 Å². The Balaban J connectivity index is 1.46. The molecule has 7 nitrogen and oxygen atoms in total. The van der Waals surface area contributed by atoms with Crippen LogP contribution in [0.1, 0.15) is 19.3 Å². The number of esters is 1. The summed E-state index contributed by atoms with van der Waals surface area (Å²) in [4.78, 5) is 40.7. The maximum absolute atomic E-state index is 12.4. The van der Waals surface area contributed by atoms with Crippen LogP contribution < -0.4 is 10.2 Å². The minimum atomic E-state index is -0.487. The van der Waals surface area contributed by atoms with E-state index >= 15 is 0 Å². The number of thiophene rings is 1. The molecule has 1 aliphatic heterocycles. The molecule has 9 heteroatoms. The summed E-state index contributed by atoms with van der Waals surface area (Å²) in [5.74, 6) is -0.999. The number of hydrogen-bond donors (Lipinski definition) is 1. The summed E-state index contributed by atoms with van der Waals surface area (Å²) in [6, 6.07) is 10.7. The van der Waals surface area contributed by atoms with Crippen LogP contribution in [-0.4, -0.2) is 62.5 Å². The van der Waals surface area contributed by atoms with E-state index in [-0.39, 0.29) is 18.4 Å². The molecule has 0 saturated carbocycles. The van der Waals surface area contributed by atoms with Crippen LogP contribution in [0.5, 0.6) is 0 Å². The van der Waals surface area contributed by atoms with Gasteiger partial charge < -0.3 is 19.9 Å². The minimum absolute atomic E-state index is 0.0781. The first-order valence-corrected chi connectivity index (χ1v) is 9.92. The Hall–Kier alpha value is -2.58. The summed E-state index contributed by atoms with van der Waals surface area (Å²) in [6.45, 7) is 2.53. The summed E-state index contributed by atoms with van der Waals surface area (Å²) >= 11 is 6.95. The lowest BCUT2D eigenvalue weighted by Gasteiger charge is -2.36. The normalized spacial score (nSPS) is 13.9. The van der Waals surface area contributed by atoms with Crippen molar-refractivity contribution in [2.75, 3.05) is 44.7 Å². The first kappa shape index (κ1) is 20.2. The molecule has 1 fully saturated rings. The Labute approximate surface area is 171 Å². The molecule has 0 atom stereocenters. The van der Waals surface area contributed by atoms with E-state index in [0.717, 1.165) is 17.0 Å². The van der Waals surface area contributed by atoms with Crippen LogP contribution in [-0.2, 0) is 9.53 Å². The first-order valence-electron chi connectivity index (χ1n) is 8.72. The van der Waals surface area contributed by atoms with Gasteiger partial charge in [-0.1, -0.05) is 11.6 Å². The van der Waals surface area contributed by atoms with Crippen LogP contribution in [0.25, 0.3) is 0 Å². The quantitative estimate of drug-likeness (QED) is 0.749. The fourth-order valence-electron chi connectivity index (χ4n) is 2.89. The van der Waals surface area contributed by atoms with Crippen molar-refractivity contribution >= 4 is 46.4 Å². The van der Waals surface area contributed by atoms with Crippen molar-refractivity contribution in [1.29, 1.82) is 0 Å². The molecular weight excluding hydrogens is 402 g/mol. The Morgan fingerprint density at radius 3 is 2.32 bits per heavy atom. The third-order valence-corrected chi connectivity index (χ3v) is 5.76. The van der Waals surface area contributed by atoms with Gasteiger partial charge in [-0.2, -0.15) is 0 Å². The number of carbonyl (C=O) groups excluding carboxylic acids is 3. The van der Waals surface area contributed by atoms with E-state index in [4.69, 9.17) is 11.6 Å². The zero-order chi connectivity index (χ0) is 20.1. The molecule has 1 aliphatic rings. The number of rotatable bonds is 5. The number of piperazine rings is 1. The molecule has 0 spiro atoms. The third-order valence-electron chi connectivity index (χ3n) is 4.44. The van der Waals surface area contributed by atoms with Crippen molar-refractivity contribution in [3.63, 3.8) is 0 Å². The molecule has 1 aromatic heterocycles. The number of benzene rings is 1. The highest BCUT2D eigenvalue weighted by Crippen LogP contribution is 2.20. The highest BCUT2D eigenvalue weighted by molar-refractivity contribution is 7.15. The van der Waals surface area contributed by atoms with Crippen LogP contribution in [0, 0.1) is 0 Å². The molecule has 1 aromatic carbocycles. The van der Waals surface area contributed by atoms with E-state index in [2.05, 4.69) is 15.0 Å². The molecular formula is C19H20ClN3O4S. The van der Waals surface area contributed by atoms with Gasteiger partial charge in [-0.15, -0.1) is 11.3 Å². The fraction of sp³-hybridized carbons (Fsp3) is 0.316. The molecule has 2 amide bonds. The van der Waals surface area contributed by atoms with Crippen LogP contribution in [0.4, 0.5) is 5.69 Å². The monoisotopic (exact) mass is 421 g/mol. The van der Waals surface area contributed by atoms with Gasteiger partial charge in [0.1, 0.15) is 4.88 Å². The Kier molecular flexibility index (Phi) is 6.53. The summed E-state index contributed by atoms with van der Waals surface area (Å²) in [5.41, 5.74) is 1.07. The van der Waals surface area contributed by atoms with E-state index in [1.54, 1.807) is 11.0 Å². The van der Waals surface area contributed by atoms with Crippen molar-refractivity contribution in [2.45, 2.75) is 0 Å². The Morgan fingerprint density at radius 2 is 1.68 bits per heavy atom. The number of nitrogens with zero attached hydrogens (tertiary/aromatic N) is 2. The number of nitrogens with one attached hydrogen (secondary N) is 1. The minimum Gasteiger partial charge on any atom is -0.465 e. The van der Waals surface area contributed by atoms with Gasteiger partial charge in [0.2, 0.25) is 5.91 Å². The van der Waals surface area contributed by atoms with Gasteiger partial charge in [0.25, 0.3) is 5.91 Å². The van der Waals surface area contributed by atoms with E-state index in [1.807, 2.05) is 24.3 Å². The zero-order valence-electron chi connectivity index (χ0n) is 15.3. The van der Waals surface area contributed by atoms with Crippen molar-refractivity contribution < 1.29 is 19.1 Å². The highest BCUT2D eigenvalue weighted by Gasteiger charge is 2.22. The maximum atomic E-state index is 12.4. The van der Waals surface area contributed by atoms with Crippen molar-refractivity contribution in [2.24, 2.45) is 0 Å². The van der Waals surface area contributed by atoms with Gasteiger partial charge in [0, 0.05) is 36.9 Å². The number of ether oxygens (including phenoxy) is 1. The van der Waals surface area contributed by atoms with Crippen molar-refractivity contribution in [1.82, 2.24) is 10.2 Å². The topological polar surface area (TPSA) is 78.9 Å². The summed E-state index contributed by atoms with van der Waals surface area (Å²) in [7, 11) is 1.28. The van der Waals surface area contributed by atoms with E-state index in [1.165, 1.54) is 13.2 Å². The lowest BCUT2D eigenvalue weighted by atomic mass is 10.2. The molecule has 1 N–H and O–H groups in total. The predicted octanol–water partition coefficient (Wildman–Crippen LogP) is 2.27. The average Bonchev–Trinajstić information content (AvgIpc) is 3.22. The Morgan fingerprint density at radius 1 is 1.04 bits per heavy atom. The fourth-order valence-corrected chi connectivity index (χ4v) is 3.86. The second-order valence-corrected chi connectivity index (χ2v) is 7.70. The number of halogens is 1. The summed E-state index contributed by atoms with van der Waals surface area (Å²) < 4.78 is 4.62. The average molecular weight is 422 g/mol. The molecule has 1 saturated heterocycles.